The predicted molar refractivity (Wildman–Crippen MR) is 196 cm³/mol. The molecule has 0 unspecified atom stereocenters. The normalized spacial score (nSPS) is 12.6. The molecule has 0 amide bonds. The molecular formula is C42H35N3O2S. The summed E-state index contributed by atoms with van der Waals surface area (Å²) in [6.45, 7) is 11.0. The summed E-state index contributed by atoms with van der Waals surface area (Å²) in [5.41, 5.74) is 10.5. The number of benzene rings is 4. The van der Waals surface area contributed by atoms with Crippen LogP contribution in [0.15, 0.2) is 136 Å². The first-order valence-corrected chi connectivity index (χ1v) is 17.0. The third kappa shape index (κ3) is 5.32. The molecule has 7 aromatic rings. The van der Waals surface area contributed by atoms with Gasteiger partial charge in [0.2, 0.25) is 5.88 Å². The average Bonchev–Trinajstić information content (AvgIpc) is 3.46. The Balaban J connectivity index is 1.19. The first-order chi connectivity index (χ1) is 23.2. The Labute approximate surface area is 285 Å². The van der Waals surface area contributed by atoms with Crippen LogP contribution < -0.4 is 9.64 Å². The molecule has 0 radical (unpaired) electrons. The summed E-state index contributed by atoms with van der Waals surface area (Å²) >= 11 is 1.72. The van der Waals surface area contributed by atoms with Gasteiger partial charge in [0.05, 0.1) is 32.6 Å². The van der Waals surface area contributed by atoms with Crippen LogP contribution in [0.25, 0.3) is 33.5 Å². The lowest BCUT2D eigenvalue weighted by Crippen LogP contribution is -2.16. The van der Waals surface area contributed by atoms with Crippen LogP contribution in [0.3, 0.4) is 0 Å². The van der Waals surface area contributed by atoms with Crippen LogP contribution in [0.2, 0.25) is 0 Å². The van der Waals surface area contributed by atoms with Gasteiger partial charge in [-0.25, -0.2) is 0 Å². The van der Waals surface area contributed by atoms with Crippen molar-refractivity contribution >= 4 is 40.0 Å². The molecule has 5 nitrogen and oxygen atoms in total. The minimum atomic E-state index is 0.0389. The van der Waals surface area contributed by atoms with Gasteiger partial charge in [0.1, 0.15) is 17.1 Å². The first-order valence-electron chi connectivity index (χ1n) is 16.1. The number of anilines is 3. The summed E-state index contributed by atoms with van der Waals surface area (Å²) in [5.74, 6) is 2.32. The topological polar surface area (TPSA) is 51.4 Å². The Bertz CT molecular complexity index is 2320. The number of ether oxygens (including phenoxy) is 1. The van der Waals surface area contributed by atoms with Gasteiger partial charge in [-0.1, -0.05) is 87.1 Å². The van der Waals surface area contributed by atoms with Crippen LogP contribution in [0.4, 0.5) is 17.3 Å². The van der Waals surface area contributed by atoms with Crippen LogP contribution in [0, 0.1) is 13.8 Å². The van der Waals surface area contributed by atoms with E-state index < -0.39 is 0 Å². The summed E-state index contributed by atoms with van der Waals surface area (Å²) < 4.78 is 13.1. The Morgan fingerprint density at radius 1 is 0.688 bits per heavy atom. The van der Waals surface area contributed by atoms with Crippen LogP contribution in [0.5, 0.6) is 11.5 Å². The largest absolute Gasteiger partial charge is 0.457 e. The van der Waals surface area contributed by atoms with Crippen LogP contribution >= 0.6 is 11.8 Å². The van der Waals surface area contributed by atoms with Gasteiger partial charge >= 0.3 is 0 Å². The van der Waals surface area contributed by atoms with Crippen molar-refractivity contribution in [1.82, 2.24) is 9.97 Å². The lowest BCUT2D eigenvalue weighted by molar-refractivity contribution is 0.483. The quantitative estimate of drug-likeness (QED) is 0.186. The Morgan fingerprint density at radius 3 is 2.15 bits per heavy atom. The lowest BCUT2D eigenvalue weighted by atomic mass is 9.87. The average molecular weight is 646 g/mol. The summed E-state index contributed by atoms with van der Waals surface area (Å²) in [4.78, 5) is 14.0. The summed E-state index contributed by atoms with van der Waals surface area (Å²) in [6, 6.07) is 37.3. The maximum Gasteiger partial charge on any atom is 0.219 e. The number of hydrogen-bond acceptors (Lipinski definition) is 6. The van der Waals surface area contributed by atoms with Gasteiger partial charge in [-0.15, -0.1) is 0 Å². The molecule has 48 heavy (non-hydrogen) atoms. The first kappa shape index (κ1) is 30.0. The Kier molecular flexibility index (Phi) is 7.34. The monoisotopic (exact) mass is 645 g/mol. The van der Waals surface area contributed by atoms with Crippen molar-refractivity contribution in [2.45, 2.75) is 49.8 Å². The smallest absolute Gasteiger partial charge is 0.219 e. The molecule has 6 heteroatoms. The zero-order chi connectivity index (χ0) is 33.0. The van der Waals surface area contributed by atoms with Crippen LogP contribution in [0.1, 0.15) is 37.5 Å². The van der Waals surface area contributed by atoms with Gasteiger partial charge in [-0.2, -0.15) is 0 Å². The lowest BCUT2D eigenvalue weighted by Gasteiger charge is -2.32. The van der Waals surface area contributed by atoms with E-state index in [1.54, 1.807) is 11.8 Å². The number of aromatic nitrogens is 2. The number of pyridine rings is 2. The molecule has 4 aromatic carbocycles. The van der Waals surface area contributed by atoms with Crippen LogP contribution in [-0.4, -0.2) is 9.97 Å². The third-order valence-corrected chi connectivity index (χ3v) is 10.0. The van der Waals surface area contributed by atoms with Crippen LogP contribution in [-0.2, 0) is 5.41 Å². The molecule has 1 aliphatic heterocycles. The Morgan fingerprint density at radius 2 is 1.38 bits per heavy atom. The van der Waals surface area contributed by atoms with E-state index in [0.717, 1.165) is 72.0 Å². The van der Waals surface area contributed by atoms with E-state index in [1.807, 2.05) is 54.9 Å². The third-order valence-electron chi connectivity index (χ3n) is 8.83. The van der Waals surface area contributed by atoms with E-state index in [2.05, 4.69) is 111 Å². The van der Waals surface area contributed by atoms with E-state index in [9.17, 15) is 0 Å². The summed E-state index contributed by atoms with van der Waals surface area (Å²) in [7, 11) is 0. The minimum Gasteiger partial charge on any atom is -0.457 e. The highest BCUT2D eigenvalue weighted by molar-refractivity contribution is 8.00. The standard InChI is InChI=1S/C42H35N3O2S/c1-26-11-8-12-27(2)38(26)45-35-20-22-44-37(40(35)48-39-33-17-6-7-18-36(33)47-41(39)45)29-14-10-16-32(24-29)46-31-15-9-13-28(23-31)34-25-30(19-21-43-34)42(3,4)5/h6-25H,1-5H3. The fraction of sp³-hybridized carbons (Fsp3) is 0.143. The summed E-state index contributed by atoms with van der Waals surface area (Å²) in [6.07, 6.45) is 3.77. The highest BCUT2D eigenvalue weighted by atomic mass is 32.2. The number of rotatable bonds is 5. The molecule has 3 aromatic heterocycles. The van der Waals surface area contributed by atoms with Crippen molar-refractivity contribution in [2.75, 3.05) is 4.90 Å². The van der Waals surface area contributed by atoms with E-state index in [-0.39, 0.29) is 5.41 Å². The number of para-hydroxylation sites is 2. The molecule has 0 fully saturated rings. The highest BCUT2D eigenvalue weighted by Gasteiger charge is 2.34. The zero-order valence-electron chi connectivity index (χ0n) is 27.6. The van der Waals surface area contributed by atoms with Gasteiger partial charge in [-0.05, 0) is 90.6 Å². The second-order valence-electron chi connectivity index (χ2n) is 13.3. The predicted octanol–water partition coefficient (Wildman–Crippen LogP) is 12.2. The SMILES string of the molecule is Cc1cccc(C)c1N1c2ccnc(-c3cccc(Oc4cccc(-c5cc(C(C)(C)C)ccn5)c4)c3)c2Sc2c1oc1ccccc21. The fourth-order valence-corrected chi connectivity index (χ4v) is 7.62. The molecule has 1 aliphatic rings. The molecule has 4 heterocycles. The maximum atomic E-state index is 6.58. The van der Waals surface area contributed by atoms with Crippen molar-refractivity contribution in [1.29, 1.82) is 0 Å². The highest BCUT2D eigenvalue weighted by Crippen LogP contribution is 2.57. The fourth-order valence-electron chi connectivity index (χ4n) is 6.38. The number of furan rings is 1. The van der Waals surface area contributed by atoms with Crippen molar-refractivity contribution in [2.24, 2.45) is 0 Å². The minimum absolute atomic E-state index is 0.0389. The molecule has 8 rings (SSSR count). The zero-order valence-corrected chi connectivity index (χ0v) is 28.4. The van der Waals surface area contributed by atoms with E-state index in [0.29, 0.717) is 0 Å². The van der Waals surface area contributed by atoms with Crippen molar-refractivity contribution in [3.63, 3.8) is 0 Å². The van der Waals surface area contributed by atoms with E-state index >= 15 is 0 Å². The molecule has 0 atom stereocenters. The van der Waals surface area contributed by atoms with Gasteiger partial charge < -0.3 is 9.15 Å². The molecule has 0 bridgehead atoms. The van der Waals surface area contributed by atoms with E-state index in [1.165, 1.54) is 16.7 Å². The number of aryl methyl sites for hydroxylation is 2. The molecular weight excluding hydrogens is 611 g/mol. The number of hydrogen-bond donors (Lipinski definition) is 0. The molecule has 0 N–H and O–H groups in total. The van der Waals surface area contributed by atoms with E-state index in [4.69, 9.17) is 14.1 Å². The Hall–Kier alpha value is -5.33. The van der Waals surface area contributed by atoms with Gasteiger partial charge in [0.15, 0.2) is 0 Å². The molecule has 0 aliphatic carbocycles. The number of fused-ring (bicyclic) bond motifs is 4. The molecule has 0 saturated carbocycles. The maximum absolute atomic E-state index is 6.58. The second kappa shape index (κ2) is 11.7. The summed E-state index contributed by atoms with van der Waals surface area (Å²) in [5, 5.41) is 1.09. The van der Waals surface area contributed by atoms with Crippen molar-refractivity contribution in [3.8, 4) is 34.0 Å². The molecule has 0 spiro atoms. The van der Waals surface area contributed by atoms with Gasteiger partial charge in [0.25, 0.3) is 0 Å². The number of nitrogens with zero attached hydrogens (tertiary/aromatic N) is 3. The van der Waals surface area contributed by atoms with Crippen molar-refractivity contribution in [3.05, 3.63) is 138 Å². The molecule has 236 valence electrons. The second-order valence-corrected chi connectivity index (χ2v) is 14.3. The van der Waals surface area contributed by atoms with Gasteiger partial charge in [0, 0.05) is 28.9 Å². The van der Waals surface area contributed by atoms with Gasteiger partial charge in [-0.3, -0.25) is 14.9 Å². The molecule has 0 saturated heterocycles. The van der Waals surface area contributed by atoms with Crippen molar-refractivity contribution < 1.29 is 9.15 Å².